The third-order valence-electron chi connectivity index (χ3n) is 3.57. The maximum atomic E-state index is 11.8. The lowest BCUT2D eigenvalue weighted by molar-refractivity contribution is -0.134. The molecule has 1 aromatic carbocycles. The third-order valence-corrected chi connectivity index (χ3v) is 3.57. The van der Waals surface area contributed by atoms with E-state index in [1.165, 1.54) is 0 Å². The van der Waals surface area contributed by atoms with Crippen LogP contribution in [-0.2, 0) is 9.59 Å². The normalized spacial score (nSPS) is 20.4. The summed E-state index contributed by atoms with van der Waals surface area (Å²) in [6, 6.07) is 7.58. The number of hydrogen-bond acceptors (Lipinski definition) is 4. The van der Waals surface area contributed by atoms with Gasteiger partial charge in [0.15, 0.2) is 0 Å². The minimum atomic E-state index is -0.306. The molecule has 2 amide bonds. The Bertz CT molecular complexity index is 484. The molecule has 0 aliphatic carbocycles. The first-order chi connectivity index (χ1) is 9.63. The van der Waals surface area contributed by atoms with Crippen molar-refractivity contribution in [3.05, 3.63) is 29.8 Å². The van der Waals surface area contributed by atoms with Crippen molar-refractivity contribution in [3.8, 4) is 5.75 Å². The summed E-state index contributed by atoms with van der Waals surface area (Å²) in [7, 11) is 1.63. The summed E-state index contributed by atoms with van der Waals surface area (Å²) < 4.78 is 5.14. The van der Waals surface area contributed by atoms with Crippen LogP contribution in [-0.4, -0.2) is 25.0 Å². The minimum Gasteiger partial charge on any atom is -0.497 e. The molecule has 1 aliphatic heterocycles. The van der Waals surface area contributed by atoms with Crippen LogP contribution >= 0.6 is 0 Å². The molecule has 0 spiro atoms. The van der Waals surface area contributed by atoms with Crippen molar-refractivity contribution < 1.29 is 14.3 Å². The molecule has 20 heavy (non-hydrogen) atoms. The average molecular weight is 276 g/mol. The van der Waals surface area contributed by atoms with E-state index in [0.29, 0.717) is 12.8 Å². The first-order valence-electron chi connectivity index (χ1n) is 6.87. The summed E-state index contributed by atoms with van der Waals surface area (Å²) in [6.07, 6.45) is 1.81. The molecule has 1 aromatic rings. The van der Waals surface area contributed by atoms with Crippen molar-refractivity contribution in [3.63, 3.8) is 0 Å². The SMILES string of the molecule is CCC(NC1CCC(=O)NC1=O)c1ccc(OC)cc1. The number of benzene rings is 1. The van der Waals surface area contributed by atoms with Gasteiger partial charge in [-0.2, -0.15) is 0 Å². The van der Waals surface area contributed by atoms with Crippen LogP contribution in [0.4, 0.5) is 0 Å². The largest absolute Gasteiger partial charge is 0.497 e. The molecule has 0 bridgehead atoms. The summed E-state index contributed by atoms with van der Waals surface area (Å²) in [4.78, 5) is 22.9. The highest BCUT2D eigenvalue weighted by atomic mass is 16.5. The Morgan fingerprint density at radius 1 is 1.35 bits per heavy atom. The fraction of sp³-hybridized carbons (Fsp3) is 0.467. The molecule has 5 nitrogen and oxygen atoms in total. The Balaban J connectivity index is 2.04. The Labute approximate surface area is 118 Å². The van der Waals surface area contributed by atoms with Crippen LogP contribution in [0.25, 0.3) is 0 Å². The number of nitrogens with one attached hydrogen (secondary N) is 2. The van der Waals surface area contributed by atoms with Crippen molar-refractivity contribution in [1.29, 1.82) is 0 Å². The van der Waals surface area contributed by atoms with Gasteiger partial charge in [0.1, 0.15) is 5.75 Å². The van der Waals surface area contributed by atoms with Crippen molar-refractivity contribution in [1.82, 2.24) is 10.6 Å². The van der Waals surface area contributed by atoms with Crippen LogP contribution in [0.5, 0.6) is 5.75 Å². The second-order valence-corrected chi connectivity index (χ2v) is 4.90. The van der Waals surface area contributed by atoms with E-state index in [9.17, 15) is 9.59 Å². The van der Waals surface area contributed by atoms with Crippen molar-refractivity contribution in [2.45, 2.75) is 38.3 Å². The fourth-order valence-corrected chi connectivity index (χ4v) is 2.38. The summed E-state index contributed by atoms with van der Waals surface area (Å²) in [5.41, 5.74) is 1.11. The zero-order valence-electron chi connectivity index (χ0n) is 11.8. The lowest BCUT2D eigenvalue weighted by Gasteiger charge is -2.27. The smallest absolute Gasteiger partial charge is 0.243 e. The third kappa shape index (κ3) is 3.36. The number of imide groups is 1. The quantitative estimate of drug-likeness (QED) is 0.801. The standard InChI is InChI=1S/C15H20N2O3/c1-3-12(10-4-6-11(20-2)7-5-10)16-13-8-9-14(18)17-15(13)19/h4-7,12-13,16H,3,8-9H2,1-2H3,(H,17,18,19). The Morgan fingerprint density at radius 3 is 2.60 bits per heavy atom. The molecule has 0 saturated carbocycles. The lowest BCUT2D eigenvalue weighted by atomic mass is 10.00. The molecule has 1 heterocycles. The van der Waals surface area contributed by atoms with E-state index < -0.39 is 0 Å². The summed E-state index contributed by atoms with van der Waals surface area (Å²) in [6.45, 7) is 2.06. The van der Waals surface area contributed by atoms with Gasteiger partial charge in [-0.1, -0.05) is 19.1 Å². The van der Waals surface area contributed by atoms with E-state index in [4.69, 9.17) is 4.74 Å². The van der Waals surface area contributed by atoms with Crippen LogP contribution in [0, 0.1) is 0 Å². The predicted molar refractivity (Wildman–Crippen MR) is 75.3 cm³/mol. The number of amides is 2. The Kier molecular flexibility index (Phi) is 4.74. The maximum absolute atomic E-state index is 11.8. The van der Waals surface area contributed by atoms with Gasteiger partial charge in [-0.3, -0.25) is 20.2 Å². The molecule has 0 aromatic heterocycles. The van der Waals surface area contributed by atoms with E-state index >= 15 is 0 Å². The van der Waals surface area contributed by atoms with Gasteiger partial charge in [0, 0.05) is 12.5 Å². The molecule has 2 unspecified atom stereocenters. The van der Waals surface area contributed by atoms with Crippen LogP contribution in [0.2, 0.25) is 0 Å². The van der Waals surface area contributed by atoms with Crippen molar-refractivity contribution in [2.24, 2.45) is 0 Å². The summed E-state index contributed by atoms with van der Waals surface area (Å²) in [5, 5.41) is 5.69. The molecule has 2 N–H and O–H groups in total. The van der Waals surface area contributed by atoms with Crippen molar-refractivity contribution >= 4 is 11.8 Å². The number of hydrogen-bond donors (Lipinski definition) is 2. The number of carbonyl (C=O) groups is 2. The zero-order valence-corrected chi connectivity index (χ0v) is 11.8. The monoisotopic (exact) mass is 276 g/mol. The van der Waals surface area contributed by atoms with Crippen LogP contribution in [0.1, 0.15) is 37.8 Å². The first kappa shape index (κ1) is 14.5. The molecule has 108 valence electrons. The van der Waals surface area contributed by atoms with Gasteiger partial charge in [0.2, 0.25) is 11.8 Å². The molecule has 2 atom stereocenters. The molecular formula is C15H20N2O3. The van der Waals surface area contributed by atoms with Gasteiger partial charge in [-0.25, -0.2) is 0 Å². The van der Waals surface area contributed by atoms with E-state index in [-0.39, 0.29) is 23.9 Å². The van der Waals surface area contributed by atoms with E-state index in [1.807, 2.05) is 24.3 Å². The minimum absolute atomic E-state index is 0.0878. The fourth-order valence-electron chi connectivity index (χ4n) is 2.38. The van der Waals surface area contributed by atoms with Gasteiger partial charge in [0.25, 0.3) is 0 Å². The van der Waals surface area contributed by atoms with Gasteiger partial charge >= 0.3 is 0 Å². The highest BCUT2D eigenvalue weighted by Gasteiger charge is 2.28. The van der Waals surface area contributed by atoms with Gasteiger partial charge < -0.3 is 4.74 Å². The number of carbonyl (C=O) groups excluding carboxylic acids is 2. The number of methoxy groups -OCH3 is 1. The highest BCUT2D eigenvalue weighted by molar-refractivity contribution is 6.00. The van der Waals surface area contributed by atoms with Gasteiger partial charge in [-0.05, 0) is 30.5 Å². The van der Waals surface area contributed by atoms with Crippen molar-refractivity contribution in [2.75, 3.05) is 7.11 Å². The second kappa shape index (κ2) is 6.52. The molecule has 0 radical (unpaired) electrons. The molecule has 5 heteroatoms. The predicted octanol–water partition coefficient (Wildman–Crippen LogP) is 1.54. The maximum Gasteiger partial charge on any atom is 0.243 e. The van der Waals surface area contributed by atoms with Gasteiger partial charge in [0.05, 0.1) is 13.2 Å². The Morgan fingerprint density at radius 2 is 2.05 bits per heavy atom. The summed E-state index contributed by atoms with van der Waals surface area (Å²) >= 11 is 0. The molecule has 1 saturated heterocycles. The lowest BCUT2D eigenvalue weighted by Crippen LogP contribution is -2.51. The van der Waals surface area contributed by atoms with E-state index in [0.717, 1.165) is 17.7 Å². The highest BCUT2D eigenvalue weighted by Crippen LogP contribution is 2.21. The van der Waals surface area contributed by atoms with E-state index in [2.05, 4.69) is 17.6 Å². The molecule has 1 aliphatic rings. The van der Waals surface area contributed by atoms with Crippen LogP contribution < -0.4 is 15.4 Å². The van der Waals surface area contributed by atoms with Crippen LogP contribution in [0.3, 0.4) is 0 Å². The average Bonchev–Trinajstić information content (AvgIpc) is 2.47. The number of piperidine rings is 1. The summed E-state index contributed by atoms with van der Waals surface area (Å²) in [5.74, 6) is 0.392. The Hall–Kier alpha value is -1.88. The molecular weight excluding hydrogens is 256 g/mol. The van der Waals surface area contributed by atoms with Crippen LogP contribution in [0.15, 0.2) is 24.3 Å². The molecule has 2 rings (SSSR count). The van der Waals surface area contributed by atoms with Gasteiger partial charge in [-0.15, -0.1) is 0 Å². The van der Waals surface area contributed by atoms with E-state index in [1.54, 1.807) is 7.11 Å². The second-order valence-electron chi connectivity index (χ2n) is 4.90. The number of ether oxygens (including phenoxy) is 1. The zero-order chi connectivity index (χ0) is 14.5. The molecule has 1 fully saturated rings. The number of rotatable bonds is 5. The topological polar surface area (TPSA) is 67.4 Å². The first-order valence-corrected chi connectivity index (χ1v) is 6.87.